The number of carboxylic acids is 1. The number of hydrogen-bond acceptors (Lipinski definition) is 2. The van der Waals surface area contributed by atoms with Crippen LogP contribution >= 0.6 is 0 Å². The summed E-state index contributed by atoms with van der Waals surface area (Å²) in [6, 6.07) is 9.98. The summed E-state index contributed by atoms with van der Waals surface area (Å²) in [5.74, 6) is -0.925. The minimum absolute atomic E-state index is 0.0853. The molecule has 0 saturated carbocycles. The Kier molecular flexibility index (Phi) is 4.19. The van der Waals surface area contributed by atoms with Gasteiger partial charge >= 0.3 is 5.97 Å². The van der Waals surface area contributed by atoms with E-state index in [9.17, 15) is 14.7 Å². The minimum Gasteiger partial charge on any atom is -0.481 e. The van der Waals surface area contributed by atoms with Crippen molar-refractivity contribution in [1.82, 2.24) is 9.47 Å². The predicted molar refractivity (Wildman–Crippen MR) is 96.2 cm³/mol. The van der Waals surface area contributed by atoms with Crippen molar-refractivity contribution in [1.29, 1.82) is 0 Å². The largest absolute Gasteiger partial charge is 0.481 e. The van der Waals surface area contributed by atoms with Gasteiger partial charge in [-0.05, 0) is 51.8 Å². The van der Waals surface area contributed by atoms with Crippen molar-refractivity contribution in [3.8, 4) is 5.69 Å². The average Bonchev–Trinajstić information content (AvgIpc) is 3.10. The summed E-state index contributed by atoms with van der Waals surface area (Å²) in [7, 11) is 0. The first-order chi connectivity index (χ1) is 11.7. The maximum atomic E-state index is 13.0. The summed E-state index contributed by atoms with van der Waals surface area (Å²) in [6.07, 6.45) is 0.491. The zero-order chi connectivity index (χ0) is 18.4. The average molecular weight is 340 g/mol. The van der Waals surface area contributed by atoms with Crippen LogP contribution in [0.5, 0.6) is 0 Å². The lowest BCUT2D eigenvalue weighted by Crippen LogP contribution is -2.35. The van der Waals surface area contributed by atoms with E-state index in [0.29, 0.717) is 18.5 Å². The van der Waals surface area contributed by atoms with E-state index >= 15 is 0 Å². The van der Waals surface area contributed by atoms with Gasteiger partial charge in [0.05, 0.1) is 11.0 Å². The summed E-state index contributed by atoms with van der Waals surface area (Å²) < 4.78 is 2.09. The highest BCUT2D eigenvalue weighted by Gasteiger charge is 2.42. The molecule has 1 N–H and O–H groups in total. The third-order valence-electron chi connectivity index (χ3n) is 5.29. The topological polar surface area (TPSA) is 62.5 Å². The summed E-state index contributed by atoms with van der Waals surface area (Å²) in [5, 5.41) is 9.38. The number of nitrogens with zero attached hydrogens (tertiary/aromatic N) is 2. The van der Waals surface area contributed by atoms with Gasteiger partial charge in [-0.15, -0.1) is 0 Å². The molecule has 1 fully saturated rings. The minimum atomic E-state index is -0.850. The molecule has 0 bridgehead atoms. The molecule has 1 aromatic heterocycles. The lowest BCUT2D eigenvalue weighted by molar-refractivity contribution is -0.147. The molecule has 1 aliphatic heterocycles. The smallest absolute Gasteiger partial charge is 0.311 e. The molecular formula is C20H24N2O3. The molecule has 0 spiro atoms. The Bertz CT molecular complexity index is 853. The molecule has 0 aliphatic carbocycles. The molecule has 5 nitrogen and oxygen atoms in total. The number of para-hydroxylation sites is 1. The summed E-state index contributed by atoms with van der Waals surface area (Å²) >= 11 is 0. The number of carbonyl (C=O) groups excluding carboxylic acids is 1. The van der Waals surface area contributed by atoms with Gasteiger partial charge in [-0.3, -0.25) is 9.59 Å². The Morgan fingerprint density at radius 1 is 1.16 bits per heavy atom. The van der Waals surface area contributed by atoms with Gasteiger partial charge < -0.3 is 14.6 Å². The van der Waals surface area contributed by atoms with Crippen LogP contribution in [0.1, 0.15) is 40.7 Å². The lowest BCUT2D eigenvalue weighted by atomic mass is 9.90. The van der Waals surface area contributed by atoms with E-state index in [1.54, 1.807) is 11.8 Å². The fourth-order valence-electron chi connectivity index (χ4n) is 3.64. The van der Waals surface area contributed by atoms with Crippen molar-refractivity contribution in [3.63, 3.8) is 0 Å². The lowest BCUT2D eigenvalue weighted by Gasteiger charge is -2.20. The fraction of sp³-hybridized carbons (Fsp3) is 0.400. The second-order valence-corrected chi connectivity index (χ2v) is 7.25. The van der Waals surface area contributed by atoms with Crippen LogP contribution in [0.4, 0.5) is 0 Å². The van der Waals surface area contributed by atoms with Gasteiger partial charge in [-0.1, -0.05) is 18.2 Å². The van der Waals surface area contributed by atoms with Gasteiger partial charge in [0.25, 0.3) is 5.91 Å². The molecule has 25 heavy (non-hydrogen) atoms. The van der Waals surface area contributed by atoms with Crippen LogP contribution in [-0.4, -0.2) is 39.5 Å². The molecule has 2 heterocycles. The van der Waals surface area contributed by atoms with Crippen molar-refractivity contribution in [3.05, 3.63) is 52.8 Å². The monoisotopic (exact) mass is 340 g/mol. The molecule has 1 aliphatic rings. The van der Waals surface area contributed by atoms with E-state index in [1.807, 2.05) is 38.1 Å². The second-order valence-electron chi connectivity index (χ2n) is 7.25. The number of rotatable bonds is 3. The van der Waals surface area contributed by atoms with Crippen molar-refractivity contribution < 1.29 is 14.7 Å². The molecule has 5 heteroatoms. The number of likely N-dealkylation sites (tertiary alicyclic amines) is 1. The number of aliphatic carboxylic acids is 1. The van der Waals surface area contributed by atoms with E-state index < -0.39 is 11.4 Å². The van der Waals surface area contributed by atoms with Crippen LogP contribution in [0.2, 0.25) is 0 Å². The van der Waals surface area contributed by atoms with Gasteiger partial charge in [0.1, 0.15) is 0 Å². The third-order valence-corrected chi connectivity index (χ3v) is 5.29. The van der Waals surface area contributed by atoms with Crippen molar-refractivity contribution in [2.24, 2.45) is 5.41 Å². The van der Waals surface area contributed by atoms with E-state index in [4.69, 9.17) is 0 Å². The highest BCUT2D eigenvalue weighted by Crippen LogP contribution is 2.32. The van der Waals surface area contributed by atoms with Crippen molar-refractivity contribution >= 4 is 11.9 Å². The summed E-state index contributed by atoms with van der Waals surface area (Å²) in [5.41, 5.74) is 3.89. The van der Waals surface area contributed by atoms with E-state index in [-0.39, 0.29) is 12.5 Å². The van der Waals surface area contributed by atoms with E-state index in [1.165, 1.54) is 0 Å². The van der Waals surface area contributed by atoms with Crippen molar-refractivity contribution in [2.75, 3.05) is 13.1 Å². The predicted octanol–water partition coefficient (Wildman–Crippen LogP) is 3.34. The quantitative estimate of drug-likeness (QED) is 0.932. The Balaban J connectivity index is 1.95. The Hall–Kier alpha value is -2.56. The van der Waals surface area contributed by atoms with Gasteiger partial charge in [0.15, 0.2) is 0 Å². The maximum Gasteiger partial charge on any atom is 0.311 e. The van der Waals surface area contributed by atoms with Crippen LogP contribution in [0.25, 0.3) is 5.69 Å². The number of aryl methyl sites for hydroxylation is 2. The van der Waals surface area contributed by atoms with Crippen LogP contribution in [0.15, 0.2) is 30.3 Å². The van der Waals surface area contributed by atoms with Gasteiger partial charge in [-0.2, -0.15) is 0 Å². The molecule has 1 aromatic carbocycles. The molecule has 0 radical (unpaired) electrons. The first-order valence-electron chi connectivity index (χ1n) is 8.52. The van der Waals surface area contributed by atoms with E-state index in [0.717, 1.165) is 22.6 Å². The van der Waals surface area contributed by atoms with Crippen molar-refractivity contribution in [2.45, 2.75) is 34.1 Å². The first-order valence-corrected chi connectivity index (χ1v) is 8.52. The zero-order valence-corrected chi connectivity index (χ0v) is 15.2. The zero-order valence-electron chi connectivity index (χ0n) is 15.2. The van der Waals surface area contributed by atoms with Gasteiger partial charge in [0, 0.05) is 30.2 Å². The normalized spacial score (nSPS) is 20.1. The molecule has 3 rings (SSSR count). The number of amides is 1. The molecule has 1 unspecified atom stereocenters. The van der Waals surface area contributed by atoms with E-state index in [2.05, 4.69) is 17.6 Å². The number of carboxylic acid groups (broad SMARTS) is 1. The maximum absolute atomic E-state index is 13.0. The Morgan fingerprint density at radius 2 is 1.84 bits per heavy atom. The third kappa shape index (κ3) is 2.84. The van der Waals surface area contributed by atoms with Gasteiger partial charge in [0.2, 0.25) is 0 Å². The SMILES string of the molecule is Cc1ccccc1-n1c(C)cc(C(=O)N2CCC(C)(C(=O)O)C2)c1C. The second kappa shape index (κ2) is 6.06. The molecular weight excluding hydrogens is 316 g/mol. The Morgan fingerprint density at radius 3 is 2.44 bits per heavy atom. The van der Waals surface area contributed by atoms with Crippen LogP contribution in [-0.2, 0) is 4.79 Å². The standard InChI is InChI=1S/C20H24N2O3/c1-13-7-5-6-8-17(13)22-14(2)11-16(15(22)3)18(23)21-10-9-20(4,12-21)19(24)25/h5-8,11H,9-10,12H2,1-4H3,(H,24,25). The van der Waals surface area contributed by atoms with Crippen LogP contribution < -0.4 is 0 Å². The first kappa shape index (κ1) is 17.3. The summed E-state index contributed by atoms with van der Waals surface area (Å²) in [6.45, 7) is 8.43. The number of benzene rings is 1. The Labute approximate surface area is 147 Å². The highest BCUT2D eigenvalue weighted by molar-refractivity contribution is 5.96. The number of aromatic nitrogens is 1. The number of hydrogen-bond donors (Lipinski definition) is 1. The van der Waals surface area contributed by atoms with Gasteiger partial charge in [-0.25, -0.2) is 0 Å². The molecule has 2 aromatic rings. The number of carbonyl (C=O) groups is 2. The molecule has 132 valence electrons. The molecule has 1 saturated heterocycles. The summed E-state index contributed by atoms with van der Waals surface area (Å²) in [4.78, 5) is 26.1. The highest BCUT2D eigenvalue weighted by atomic mass is 16.4. The van der Waals surface area contributed by atoms with Crippen LogP contribution in [0, 0.1) is 26.2 Å². The molecule has 1 atom stereocenters. The fourth-order valence-corrected chi connectivity index (χ4v) is 3.64. The molecule has 1 amide bonds. The van der Waals surface area contributed by atoms with Crippen LogP contribution in [0.3, 0.4) is 0 Å².